The molecule has 1 atom stereocenters. The highest BCUT2D eigenvalue weighted by Crippen LogP contribution is 2.33. The van der Waals surface area contributed by atoms with E-state index >= 15 is 0 Å². The summed E-state index contributed by atoms with van der Waals surface area (Å²) in [6.45, 7) is 0.406. The Labute approximate surface area is 200 Å². The normalized spacial score (nSPS) is 17.7. The molecule has 162 valence electrons. The first kappa shape index (κ1) is 23.9. The van der Waals surface area contributed by atoms with E-state index in [0.29, 0.717) is 35.7 Å². The molecule has 2 aromatic rings. The van der Waals surface area contributed by atoms with Gasteiger partial charge in [0.2, 0.25) is 15.9 Å². The van der Waals surface area contributed by atoms with Gasteiger partial charge in [-0.15, -0.1) is 0 Å². The second-order valence-electron chi connectivity index (χ2n) is 6.92. The molecule has 1 unspecified atom stereocenters. The number of rotatable bonds is 5. The molecule has 1 aliphatic heterocycles. The largest absolute Gasteiger partial charge is 0.324 e. The number of anilines is 1. The Balaban J connectivity index is 1.71. The van der Waals surface area contributed by atoms with Crippen LogP contribution in [0.25, 0.3) is 0 Å². The molecule has 0 bridgehead atoms. The number of amides is 1. The molecule has 0 saturated carbocycles. The molecule has 1 saturated heterocycles. The Morgan fingerprint density at radius 2 is 1.70 bits per heavy atom. The number of benzene rings is 2. The van der Waals surface area contributed by atoms with E-state index < -0.39 is 15.9 Å². The maximum absolute atomic E-state index is 12.9. The second kappa shape index (κ2) is 9.82. The summed E-state index contributed by atoms with van der Waals surface area (Å²) in [4.78, 5) is 12.7. The topological polar surface area (TPSA) is 66.5 Å². The van der Waals surface area contributed by atoms with Gasteiger partial charge in [-0.05, 0) is 42.7 Å². The summed E-state index contributed by atoms with van der Waals surface area (Å²) < 4.78 is 27.1. The highest BCUT2D eigenvalue weighted by Gasteiger charge is 2.33. The first-order valence-electron chi connectivity index (χ1n) is 8.94. The summed E-state index contributed by atoms with van der Waals surface area (Å²) >= 11 is 30.0. The van der Waals surface area contributed by atoms with Crippen molar-refractivity contribution in [2.75, 3.05) is 18.4 Å². The van der Waals surface area contributed by atoms with Gasteiger partial charge in [0, 0.05) is 23.1 Å². The van der Waals surface area contributed by atoms with Crippen LogP contribution in [0.4, 0.5) is 5.69 Å². The van der Waals surface area contributed by atoms with E-state index in [4.69, 9.17) is 58.0 Å². The first-order valence-corrected chi connectivity index (χ1v) is 12.4. The number of nitrogens with zero attached hydrogens (tertiary/aromatic N) is 1. The molecule has 1 aliphatic rings. The summed E-state index contributed by atoms with van der Waals surface area (Å²) in [6.07, 6.45) is 1.11. The summed E-state index contributed by atoms with van der Waals surface area (Å²) in [5.41, 5.74) is 0.777. The molecule has 1 fully saturated rings. The van der Waals surface area contributed by atoms with E-state index in [9.17, 15) is 13.2 Å². The van der Waals surface area contributed by atoms with Gasteiger partial charge in [0.1, 0.15) is 0 Å². The van der Waals surface area contributed by atoms with Gasteiger partial charge in [0.15, 0.2) is 0 Å². The van der Waals surface area contributed by atoms with E-state index in [1.807, 2.05) is 0 Å². The minimum atomic E-state index is -3.67. The van der Waals surface area contributed by atoms with E-state index in [1.54, 1.807) is 12.1 Å². The monoisotopic (exact) mass is 528 g/mol. The van der Waals surface area contributed by atoms with Crippen LogP contribution in [0, 0.1) is 5.92 Å². The van der Waals surface area contributed by atoms with Crippen LogP contribution in [-0.4, -0.2) is 31.7 Å². The van der Waals surface area contributed by atoms with Gasteiger partial charge < -0.3 is 5.32 Å². The first-order chi connectivity index (χ1) is 14.1. The standard InChI is InChI=1S/C19H17Cl5N2O3S/c20-13-4-3-12(14(21)6-13)10-30(28,29)26-5-1-2-11(9-26)19(27)25-18-8-16(23)15(22)7-17(18)24/h3-4,6-8,11H,1-2,5,9-10H2,(H,25,27). The van der Waals surface area contributed by atoms with Crippen molar-refractivity contribution >= 4 is 79.6 Å². The smallest absolute Gasteiger partial charge is 0.228 e. The van der Waals surface area contributed by atoms with Crippen molar-refractivity contribution < 1.29 is 13.2 Å². The maximum Gasteiger partial charge on any atom is 0.228 e. The fourth-order valence-corrected chi connectivity index (χ4v) is 5.98. The predicted molar refractivity (Wildman–Crippen MR) is 123 cm³/mol. The molecule has 0 radical (unpaired) electrons. The Hall–Kier alpha value is -0.730. The van der Waals surface area contributed by atoms with E-state index in [2.05, 4.69) is 5.32 Å². The molecular formula is C19H17Cl5N2O3S. The summed E-state index contributed by atoms with van der Waals surface area (Å²) in [6, 6.07) is 7.58. The third-order valence-electron chi connectivity index (χ3n) is 4.77. The predicted octanol–water partition coefficient (Wildman–Crippen LogP) is 6.13. The fourth-order valence-electron chi connectivity index (χ4n) is 3.19. The molecule has 0 spiro atoms. The van der Waals surface area contributed by atoms with Crippen LogP contribution in [-0.2, 0) is 20.6 Å². The molecular weight excluding hydrogens is 514 g/mol. The second-order valence-corrected chi connectivity index (χ2v) is 11.0. The van der Waals surface area contributed by atoms with Crippen LogP contribution in [0.2, 0.25) is 25.1 Å². The summed E-state index contributed by atoms with van der Waals surface area (Å²) in [7, 11) is -3.67. The number of hydrogen-bond acceptors (Lipinski definition) is 3. The number of nitrogens with one attached hydrogen (secondary N) is 1. The molecule has 0 aromatic heterocycles. The lowest BCUT2D eigenvalue weighted by atomic mass is 9.98. The van der Waals surface area contributed by atoms with E-state index in [1.165, 1.54) is 22.5 Å². The van der Waals surface area contributed by atoms with Crippen LogP contribution in [0.5, 0.6) is 0 Å². The van der Waals surface area contributed by atoms with Gasteiger partial charge in [-0.25, -0.2) is 12.7 Å². The Kier molecular flexibility index (Phi) is 7.83. The minimum absolute atomic E-state index is 0.0678. The van der Waals surface area contributed by atoms with Crippen molar-refractivity contribution in [1.29, 1.82) is 0 Å². The van der Waals surface area contributed by atoms with Gasteiger partial charge in [-0.3, -0.25) is 4.79 Å². The number of sulfonamides is 1. The zero-order valence-electron chi connectivity index (χ0n) is 15.5. The number of carbonyl (C=O) groups excluding carboxylic acids is 1. The van der Waals surface area contributed by atoms with E-state index in [0.717, 1.165) is 0 Å². The van der Waals surface area contributed by atoms with Gasteiger partial charge in [0.05, 0.1) is 32.4 Å². The summed E-state index contributed by atoms with van der Waals surface area (Å²) in [5, 5.41) is 4.20. The van der Waals surface area contributed by atoms with Gasteiger partial charge in [0.25, 0.3) is 0 Å². The number of hydrogen-bond donors (Lipinski definition) is 1. The van der Waals surface area contributed by atoms with Crippen LogP contribution in [0.15, 0.2) is 30.3 Å². The molecule has 1 N–H and O–H groups in total. The van der Waals surface area contributed by atoms with Crippen molar-refractivity contribution in [1.82, 2.24) is 4.31 Å². The Morgan fingerprint density at radius 1 is 1.00 bits per heavy atom. The quantitative estimate of drug-likeness (QED) is 0.473. The lowest BCUT2D eigenvalue weighted by Crippen LogP contribution is -2.44. The van der Waals surface area contributed by atoms with Crippen molar-refractivity contribution in [2.24, 2.45) is 5.92 Å². The van der Waals surface area contributed by atoms with Gasteiger partial charge in [-0.1, -0.05) is 64.1 Å². The van der Waals surface area contributed by atoms with Crippen molar-refractivity contribution in [3.8, 4) is 0 Å². The number of piperidine rings is 1. The summed E-state index contributed by atoms with van der Waals surface area (Å²) in [5.74, 6) is -1.13. The zero-order valence-corrected chi connectivity index (χ0v) is 20.1. The maximum atomic E-state index is 12.9. The van der Waals surface area contributed by atoms with Gasteiger partial charge in [-0.2, -0.15) is 0 Å². The van der Waals surface area contributed by atoms with Crippen molar-refractivity contribution in [3.63, 3.8) is 0 Å². The van der Waals surface area contributed by atoms with Gasteiger partial charge >= 0.3 is 0 Å². The average Bonchev–Trinajstić information content (AvgIpc) is 2.68. The highest BCUT2D eigenvalue weighted by molar-refractivity contribution is 7.88. The van der Waals surface area contributed by atoms with Crippen LogP contribution < -0.4 is 5.32 Å². The average molecular weight is 531 g/mol. The zero-order chi connectivity index (χ0) is 22.1. The van der Waals surface area contributed by atoms with Crippen molar-refractivity contribution in [2.45, 2.75) is 18.6 Å². The van der Waals surface area contributed by atoms with E-state index in [-0.39, 0.29) is 38.3 Å². The Morgan fingerprint density at radius 3 is 2.40 bits per heavy atom. The third-order valence-corrected chi connectivity index (χ3v) is 8.19. The van der Waals surface area contributed by atoms with Crippen LogP contribution in [0.1, 0.15) is 18.4 Å². The molecule has 1 heterocycles. The van der Waals surface area contributed by atoms with Crippen molar-refractivity contribution in [3.05, 3.63) is 61.0 Å². The molecule has 3 rings (SSSR count). The number of carbonyl (C=O) groups is 1. The molecule has 1 amide bonds. The molecule has 0 aliphatic carbocycles. The molecule has 11 heteroatoms. The third kappa shape index (κ3) is 5.74. The van der Waals surface area contributed by atoms with Crippen LogP contribution >= 0.6 is 58.0 Å². The lowest BCUT2D eigenvalue weighted by molar-refractivity contribution is -0.120. The molecule has 2 aromatic carbocycles. The Bertz CT molecular complexity index is 1080. The highest BCUT2D eigenvalue weighted by atomic mass is 35.5. The lowest BCUT2D eigenvalue weighted by Gasteiger charge is -2.31. The molecule has 30 heavy (non-hydrogen) atoms. The molecule has 5 nitrogen and oxygen atoms in total. The fraction of sp³-hybridized carbons (Fsp3) is 0.316. The SMILES string of the molecule is O=C(Nc1cc(Cl)c(Cl)cc1Cl)C1CCCN(S(=O)(=O)Cc2ccc(Cl)cc2Cl)C1. The minimum Gasteiger partial charge on any atom is -0.324 e. The van der Waals surface area contributed by atoms with Crippen LogP contribution in [0.3, 0.4) is 0 Å². The number of halogens is 5.